The van der Waals surface area contributed by atoms with Crippen LogP contribution in [-0.4, -0.2) is 46.6 Å². The molecule has 116 valence electrons. The van der Waals surface area contributed by atoms with Gasteiger partial charge in [0, 0.05) is 30.8 Å². The van der Waals surface area contributed by atoms with Crippen LogP contribution < -0.4 is 11.1 Å². The van der Waals surface area contributed by atoms with Crippen molar-refractivity contribution in [1.29, 1.82) is 0 Å². The molecule has 4 N–H and O–H groups in total. The zero-order valence-corrected chi connectivity index (χ0v) is 13.5. The quantitative estimate of drug-likeness (QED) is 0.663. The van der Waals surface area contributed by atoms with Gasteiger partial charge < -0.3 is 21.1 Å². The minimum Gasteiger partial charge on any atom is -0.389 e. The Morgan fingerprint density at radius 2 is 2.14 bits per heavy atom. The van der Waals surface area contributed by atoms with Crippen molar-refractivity contribution in [3.8, 4) is 0 Å². The number of benzene rings is 1. The second-order valence-corrected chi connectivity index (χ2v) is 6.23. The Kier molecular flexibility index (Phi) is 6.26. The van der Waals surface area contributed by atoms with Gasteiger partial charge in [-0.25, -0.2) is 0 Å². The number of likely N-dealkylation sites (N-methyl/N-ethyl adjacent to an activating group) is 1. The lowest BCUT2D eigenvalue weighted by atomic mass is 10.1. The van der Waals surface area contributed by atoms with E-state index in [4.69, 9.17) is 18.0 Å². The predicted molar refractivity (Wildman–Crippen MR) is 89.4 cm³/mol. The second kappa shape index (κ2) is 7.49. The Labute approximate surface area is 131 Å². The van der Waals surface area contributed by atoms with Crippen molar-refractivity contribution >= 4 is 28.8 Å². The number of nitrogens with two attached hydrogens (primary N) is 1. The molecule has 6 heteroatoms. The van der Waals surface area contributed by atoms with E-state index in [1.165, 1.54) is 0 Å². The summed E-state index contributed by atoms with van der Waals surface area (Å²) < 4.78 is 0. The number of thiocarbonyl (C=S) groups is 1. The number of hydrogen-bond donors (Lipinski definition) is 3. The predicted octanol–water partition coefficient (Wildman–Crippen LogP) is 1.35. The van der Waals surface area contributed by atoms with Gasteiger partial charge in [0.05, 0.1) is 5.60 Å². The van der Waals surface area contributed by atoms with Crippen molar-refractivity contribution in [3.63, 3.8) is 0 Å². The lowest BCUT2D eigenvalue weighted by molar-refractivity contribution is -0.116. The van der Waals surface area contributed by atoms with E-state index in [9.17, 15) is 9.90 Å². The molecule has 1 aromatic carbocycles. The second-order valence-electron chi connectivity index (χ2n) is 5.79. The molecule has 0 saturated heterocycles. The van der Waals surface area contributed by atoms with Gasteiger partial charge in [0.25, 0.3) is 0 Å². The van der Waals surface area contributed by atoms with Crippen LogP contribution in [0.4, 0.5) is 5.69 Å². The van der Waals surface area contributed by atoms with Crippen molar-refractivity contribution < 1.29 is 9.90 Å². The molecule has 1 aromatic rings. The van der Waals surface area contributed by atoms with Gasteiger partial charge in [0.1, 0.15) is 4.99 Å². The van der Waals surface area contributed by atoms with Gasteiger partial charge in [-0.05, 0) is 33.0 Å². The standard InChI is InChI=1S/C15H23N3O2S/c1-15(2,20)10-18(3)8-7-13(19)17-12-6-4-5-11(9-12)14(16)21/h4-6,9,20H,7-8,10H2,1-3H3,(H2,16,21)(H,17,19). The number of nitrogens with one attached hydrogen (secondary N) is 1. The summed E-state index contributed by atoms with van der Waals surface area (Å²) in [6, 6.07) is 7.14. The Morgan fingerprint density at radius 3 is 2.71 bits per heavy atom. The number of carbonyl (C=O) groups is 1. The maximum Gasteiger partial charge on any atom is 0.225 e. The third-order valence-corrected chi connectivity index (χ3v) is 3.04. The third kappa shape index (κ3) is 7.17. The number of rotatable bonds is 7. The Bertz CT molecular complexity index is 512. The topological polar surface area (TPSA) is 78.6 Å². The van der Waals surface area contributed by atoms with E-state index in [0.717, 1.165) is 5.56 Å². The van der Waals surface area contributed by atoms with Crippen LogP contribution in [0.25, 0.3) is 0 Å². The van der Waals surface area contributed by atoms with E-state index in [1.807, 2.05) is 11.9 Å². The summed E-state index contributed by atoms with van der Waals surface area (Å²) in [7, 11) is 1.87. The number of hydrogen-bond acceptors (Lipinski definition) is 4. The van der Waals surface area contributed by atoms with Gasteiger partial charge in [-0.15, -0.1) is 0 Å². The van der Waals surface area contributed by atoms with Crippen LogP contribution in [0.5, 0.6) is 0 Å². The highest BCUT2D eigenvalue weighted by Gasteiger charge is 2.16. The molecule has 0 radical (unpaired) electrons. The molecule has 0 heterocycles. The smallest absolute Gasteiger partial charge is 0.225 e. The molecule has 0 atom stereocenters. The molecule has 21 heavy (non-hydrogen) atoms. The van der Waals surface area contributed by atoms with Gasteiger partial charge in [-0.2, -0.15) is 0 Å². The van der Waals surface area contributed by atoms with Crippen LogP contribution in [0.2, 0.25) is 0 Å². The average Bonchev–Trinajstić information content (AvgIpc) is 2.34. The lowest BCUT2D eigenvalue weighted by Crippen LogP contribution is -2.37. The van der Waals surface area contributed by atoms with Crippen molar-refractivity contribution in [2.24, 2.45) is 5.73 Å². The molecular weight excluding hydrogens is 286 g/mol. The first-order valence-corrected chi connectivity index (χ1v) is 7.19. The van der Waals surface area contributed by atoms with Gasteiger partial charge in [-0.1, -0.05) is 24.4 Å². The molecule has 0 aliphatic heterocycles. The minimum absolute atomic E-state index is 0.0855. The highest BCUT2D eigenvalue weighted by atomic mass is 32.1. The van der Waals surface area contributed by atoms with Crippen molar-refractivity contribution in [3.05, 3.63) is 29.8 Å². The highest BCUT2D eigenvalue weighted by molar-refractivity contribution is 7.80. The zero-order chi connectivity index (χ0) is 16.0. The van der Waals surface area contributed by atoms with Crippen LogP contribution in [0.1, 0.15) is 25.8 Å². The summed E-state index contributed by atoms with van der Waals surface area (Å²) in [6.07, 6.45) is 0.351. The van der Waals surface area contributed by atoms with Crippen molar-refractivity contribution in [2.75, 3.05) is 25.5 Å². The molecule has 1 rings (SSSR count). The Balaban J connectivity index is 2.47. The maximum absolute atomic E-state index is 11.9. The molecule has 0 aliphatic rings. The monoisotopic (exact) mass is 309 g/mol. The highest BCUT2D eigenvalue weighted by Crippen LogP contribution is 2.11. The fourth-order valence-corrected chi connectivity index (χ4v) is 2.13. The van der Waals surface area contributed by atoms with Gasteiger partial charge in [-0.3, -0.25) is 4.79 Å². The van der Waals surface area contributed by atoms with E-state index >= 15 is 0 Å². The summed E-state index contributed by atoms with van der Waals surface area (Å²) in [5, 5.41) is 12.5. The summed E-state index contributed by atoms with van der Waals surface area (Å²) in [6.45, 7) is 4.57. The van der Waals surface area contributed by atoms with Crippen LogP contribution in [0, 0.1) is 0 Å². The molecule has 0 bridgehead atoms. The van der Waals surface area contributed by atoms with Crippen LogP contribution in [-0.2, 0) is 4.79 Å². The third-order valence-electron chi connectivity index (χ3n) is 2.81. The molecule has 0 unspecified atom stereocenters. The largest absolute Gasteiger partial charge is 0.389 e. The molecular formula is C15H23N3O2S. The fourth-order valence-electron chi connectivity index (χ4n) is 2.01. The van der Waals surface area contributed by atoms with Gasteiger partial charge >= 0.3 is 0 Å². The van der Waals surface area contributed by atoms with Gasteiger partial charge in [0.2, 0.25) is 5.91 Å². The SMILES string of the molecule is CN(CCC(=O)Nc1cccc(C(N)=S)c1)CC(C)(C)O. The fraction of sp³-hybridized carbons (Fsp3) is 0.467. The molecule has 1 amide bonds. The van der Waals surface area contributed by atoms with Crippen LogP contribution in [0.15, 0.2) is 24.3 Å². The molecule has 0 aliphatic carbocycles. The normalized spacial score (nSPS) is 11.5. The number of anilines is 1. The summed E-state index contributed by atoms with van der Waals surface area (Å²) in [5.74, 6) is -0.0855. The first-order chi connectivity index (χ1) is 9.67. The lowest BCUT2D eigenvalue weighted by Gasteiger charge is -2.25. The summed E-state index contributed by atoms with van der Waals surface area (Å²) >= 11 is 4.91. The number of aliphatic hydroxyl groups is 1. The van der Waals surface area contributed by atoms with E-state index in [1.54, 1.807) is 38.1 Å². The molecule has 0 fully saturated rings. The minimum atomic E-state index is -0.767. The molecule has 5 nitrogen and oxygen atoms in total. The number of amides is 1. The van der Waals surface area contributed by atoms with E-state index in [0.29, 0.717) is 30.2 Å². The van der Waals surface area contributed by atoms with E-state index in [-0.39, 0.29) is 5.91 Å². The number of nitrogens with zero attached hydrogens (tertiary/aromatic N) is 1. The van der Waals surface area contributed by atoms with Crippen molar-refractivity contribution in [1.82, 2.24) is 4.90 Å². The van der Waals surface area contributed by atoms with Crippen molar-refractivity contribution in [2.45, 2.75) is 25.9 Å². The maximum atomic E-state index is 11.9. The average molecular weight is 309 g/mol. The Hall–Kier alpha value is -1.50. The summed E-state index contributed by atoms with van der Waals surface area (Å²) in [5.41, 5.74) is 6.19. The summed E-state index contributed by atoms with van der Waals surface area (Å²) in [4.78, 5) is 14.1. The Morgan fingerprint density at radius 1 is 1.48 bits per heavy atom. The van der Waals surface area contributed by atoms with E-state index < -0.39 is 5.60 Å². The van der Waals surface area contributed by atoms with Gasteiger partial charge in [0.15, 0.2) is 0 Å². The molecule has 0 spiro atoms. The zero-order valence-electron chi connectivity index (χ0n) is 12.7. The van der Waals surface area contributed by atoms with E-state index in [2.05, 4.69) is 5.32 Å². The first-order valence-electron chi connectivity index (χ1n) is 6.78. The number of carbonyl (C=O) groups excluding carboxylic acids is 1. The molecule has 0 aromatic heterocycles. The van der Waals surface area contributed by atoms with Crippen LogP contribution in [0.3, 0.4) is 0 Å². The first kappa shape index (κ1) is 17.6. The van der Waals surface area contributed by atoms with Crippen LogP contribution >= 0.6 is 12.2 Å². The molecule has 0 saturated carbocycles.